The number of alkyl halides is 3. The number of benzene rings is 2. The fourth-order valence-corrected chi connectivity index (χ4v) is 3.35. The van der Waals surface area contributed by atoms with Crippen LogP contribution in [0.25, 0.3) is 0 Å². The fourth-order valence-electron chi connectivity index (χ4n) is 2.26. The van der Waals surface area contributed by atoms with E-state index in [1.54, 1.807) is 0 Å². The molecule has 26 heavy (non-hydrogen) atoms. The molecule has 2 aromatic carbocycles. The van der Waals surface area contributed by atoms with Crippen LogP contribution in [-0.4, -0.2) is 26.2 Å². The minimum atomic E-state index is -4.91. The van der Waals surface area contributed by atoms with E-state index in [2.05, 4.69) is 4.72 Å². The van der Waals surface area contributed by atoms with Crippen LogP contribution in [0.1, 0.15) is 17.5 Å². The number of rotatable bonds is 7. The summed E-state index contributed by atoms with van der Waals surface area (Å²) in [5, 5.41) is 9.88. The molecule has 2 rings (SSSR count). The molecule has 0 aliphatic rings. The Morgan fingerprint density at radius 1 is 1.08 bits per heavy atom. The summed E-state index contributed by atoms with van der Waals surface area (Å²) in [5.74, 6) is -1.68. The maximum absolute atomic E-state index is 13.5. The molecular formula is C17H17F4NO3S. The number of aryl methyl sites for hydroxylation is 1. The van der Waals surface area contributed by atoms with Crippen LogP contribution in [0, 0.1) is 5.82 Å². The van der Waals surface area contributed by atoms with Gasteiger partial charge in [0.25, 0.3) is 0 Å². The van der Waals surface area contributed by atoms with Crippen LogP contribution < -0.4 is 4.72 Å². The van der Waals surface area contributed by atoms with Gasteiger partial charge in [-0.3, -0.25) is 0 Å². The molecule has 0 heterocycles. The normalized spacial score (nSPS) is 13.6. The third-order valence-corrected chi connectivity index (χ3v) is 5.10. The SMILES string of the molecule is O=S(=O)(NCC(O)CCc1ccccc1)c1ccc(C(F)(F)F)c(F)c1. The lowest BCUT2D eigenvalue weighted by atomic mass is 10.1. The Morgan fingerprint density at radius 2 is 1.73 bits per heavy atom. The first-order valence-corrected chi connectivity index (χ1v) is 9.16. The highest BCUT2D eigenvalue weighted by Crippen LogP contribution is 2.32. The van der Waals surface area contributed by atoms with E-state index in [0.717, 1.165) is 5.56 Å². The van der Waals surface area contributed by atoms with E-state index in [0.29, 0.717) is 24.6 Å². The van der Waals surface area contributed by atoms with Crippen molar-refractivity contribution < 1.29 is 31.1 Å². The largest absolute Gasteiger partial charge is 0.419 e. The highest BCUT2D eigenvalue weighted by atomic mass is 32.2. The van der Waals surface area contributed by atoms with Gasteiger partial charge in [-0.1, -0.05) is 30.3 Å². The third-order valence-electron chi connectivity index (χ3n) is 3.67. The Morgan fingerprint density at radius 3 is 2.31 bits per heavy atom. The Balaban J connectivity index is 1.97. The molecule has 0 saturated carbocycles. The molecule has 2 N–H and O–H groups in total. The van der Waals surface area contributed by atoms with Crippen molar-refractivity contribution in [3.8, 4) is 0 Å². The summed E-state index contributed by atoms with van der Waals surface area (Å²) >= 11 is 0. The van der Waals surface area contributed by atoms with Crippen molar-refractivity contribution >= 4 is 10.0 Å². The monoisotopic (exact) mass is 391 g/mol. The topological polar surface area (TPSA) is 66.4 Å². The van der Waals surface area contributed by atoms with Crippen molar-refractivity contribution in [2.24, 2.45) is 0 Å². The van der Waals surface area contributed by atoms with Gasteiger partial charge in [0, 0.05) is 6.54 Å². The van der Waals surface area contributed by atoms with Crippen molar-refractivity contribution in [2.75, 3.05) is 6.54 Å². The summed E-state index contributed by atoms with van der Waals surface area (Å²) in [6.45, 7) is -0.336. The molecule has 0 amide bonds. The van der Waals surface area contributed by atoms with Gasteiger partial charge in [0.1, 0.15) is 5.82 Å². The molecule has 0 bridgehead atoms. The second-order valence-corrected chi connectivity index (χ2v) is 7.44. The summed E-state index contributed by atoms with van der Waals surface area (Å²) in [7, 11) is -4.24. The zero-order chi connectivity index (χ0) is 19.4. The van der Waals surface area contributed by atoms with E-state index in [9.17, 15) is 31.1 Å². The molecule has 0 fully saturated rings. The summed E-state index contributed by atoms with van der Waals surface area (Å²) in [6, 6.07) is 10.6. The van der Waals surface area contributed by atoms with Crippen molar-refractivity contribution in [3.05, 3.63) is 65.5 Å². The number of hydrogen-bond acceptors (Lipinski definition) is 3. The van der Waals surface area contributed by atoms with Crippen molar-refractivity contribution in [2.45, 2.75) is 30.0 Å². The van der Waals surface area contributed by atoms with Gasteiger partial charge in [-0.2, -0.15) is 13.2 Å². The molecule has 0 aliphatic heterocycles. The number of sulfonamides is 1. The quantitative estimate of drug-likeness (QED) is 0.713. The number of halogens is 4. The second-order valence-electron chi connectivity index (χ2n) is 5.67. The maximum Gasteiger partial charge on any atom is 0.419 e. The van der Waals surface area contributed by atoms with Crippen LogP contribution in [0.2, 0.25) is 0 Å². The van der Waals surface area contributed by atoms with Gasteiger partial charge < -0.3 is 5.11 Å². The minimum absolute atomic E-state index is 0.286. The van der Waals surface area contributed by atoms with E-state index < -0.39 is 38.6 Å². The average molecular weight is 391 g/mol. The predicted octanol–water partition coefficient (Wildman–Crippen LogP) is 3.12. The van der Waals surface area contributed by atoms with Crippen molar-refractivity contribution in [1.82, 2.24) is 4.72 Å². The van der Waals surface area contributed by atoms with Crippen LogP contribution >= 0.6 is 0 Å². The average Bonchev–Trinajstić information content (AvgIpc) is 2.58. The summed E-state index contributed by atoms with van der Waals surface area (Å²) in [5.41, 5.74) is -0.571. The van der Waals surface area contributed by atoms with Gasteiger partial charge in [0.15, 0.2) is 0 Å². The van der Waals surface area contributed by atoms with E-state index in [1.807, 2.05) is 30.3 Å². The molecule has 9 heteroatoms. The molecule has 2 aromatic rings. The third kappa shape index (κ3) is 5.52. The lowest BCUT2D eigenvalue weighted by molar-refractivity contribution is -0.140. The van der Waals surface area contributed by atoms with Gasteiger partial charge in [0.05, 0.1) is 16.6 Å². The van der Waals surface area contributed by atoms with Gasteiger partial charge in [0.2, 0.25) is 10.0 Å². The first-order chi connectivity index (χ1) is 12.1. The molecule has 142 valence electrons. The van der Waals surface area contributed by atoms with Gasteiger partial charge in [-0.05, 0) is 36.6 Å². The number of aliphatic hydroxyl groups is 1. The molecule has 1 atom stereocenters. The molecule has 0 saturated heterocycles. The molecule has 1 unspecified atom stereocenters. The van der Waals surface area contributed by atoms with Gasteiger partial charge in [-0.25, -0.2) is 17.5 Å². The second kappa shape index (κ2) is 8.15. The van der Waals surface area contributed by atoms with Crippen LogP contribution in [0.5, 0.6) is 0 Å². The van der Waals surface area contributed by atoms with E-state index in [1.165, 1.54) is 0 Å². The highest BCUT2D eigenvalue weighted by molar-refractivity contribution is 7.89. The minimum Gasteiger partial charge on any atom is -0.392 e. The Hall–Kier alpha value is -1.97. The smallest absolute Gasteiger partial charge is 0.392 e. The molecular weight excluding hydrogens is 374 g/mol. The van der Waals surface area contributed by atoms with E-state index in [4.69, 9.17) is 0 Å². The number of nitrogens with one attached hydrogen (secondary N) is 1. The summed E-state index contributed by atoms with van der Waals surface area (Å²) in [4.78, 5) is -0.641. The highest BCUT2D eigenvalue weighted by Gasteiger charge is 2.34. The zero-order valence-corrected chi connectivity index (χ0v) is 14.3. The first-order valence-electron chi connectivity index (χ1n) is 7.68. The van der Waals surface area contributed by atoms with E-state index >= 15 is 0 Å². The van der Waals surface area contributed by atoms with Crippen molar-refractivity contribution in [1.29, 1.82) is 0 Å². The molecule has 0 aliphatic carbocycles. The summed E-state index contributed by atoms with van der Waals surface area (Å²) in [6.07, 6.45) is -5.09. The Labute approximate surface area is 148 Å². The van der Waals surface area contributed by atoms with Crippen LogP contribution in [0.3, 0.4) is 0 Å². The van der Waals surface area contributed by atoms with Crippen LogP contribution in [-0.2, 0) is 22.6 Å². The summed E-state index contributed by atoms with van der Waals surface area (Å²) < 4.78 is 77.3. The standard InChI is InChI=1S/C17H17F4NO3S/c18-16-10-14(8-9-15(16)17(19,20)21)26(24,25)22-11-13(23)7-6-12-4-2-1-3-5-12/h1-5,8-10,13,22-23H,6-7,11H2. The first kappa shape index (κ1) is 20.3. The van der Waals surface area contributed by atoms with Gasteiger partial charge in [-0.15, -0.1) is 0 Å². The van der Waals surface area contributed by atoms with Gasteiger partial charge >= 0.3 is 6.18 Å². The maximum atomic E-state index is 13.5. The molecule has 0 radical (unpaired) electrons. The zero-order valence-electron chi connectivity index (χ0n) is 13.5. The predicted molar refractivity (Wildman–Crippen MR) is 87.4 cm³/mol. The Kier molecular flexibility index (Phi) is 6.38. The van der Waals surface area contributed by atoms with E-state index in [-0.39, 0.29) is 13.0 Å². The lowest BCUT2D eigenvalue weighted by Gasteiger charge is -2.13. The van der Waals surface area contributed by atoms with Crippen LogP contribution in [0.15, 0.2) is 53.4 Å². The molecule has 0 spiro atoms. The Bertz CT molecular complexity index is 839. The van der Waals surface area contributed by atoms with Crippen LogP contribution in [0.4, 0.5) is 17.6 Å². The number of aliphatic hydroxyl groups excluding tert-OH is 1. The molecule has 0 aromatic heterocycles. The lowest BCUT2D eigenvalue weighted by Crippen LogP contribution is -2.32. The fraction of sp³-hybridized carbons (Fsp3) is 0.294. The molecule has 4 nitrogen and oxygen atoms in total. The number of hydrogen-bond donors (Lipinski definition) is 2. The van der Waals surface area contributed by atoms with Crippen molar-refractivity contribution in [3.63, 3.8) is 0 Å².